The van der Waals surface area contributed by atoms with Gasteiger partial charge in [0.2, 0.25) is 0 Å². The predicted molar refractivity (Wildman–Crippen MR) is 99.7 cm³/mol. The fourth-order valence-corrected chi connectivity index (χ4v) is 3.62. The molecule has 0 radical (unpaired) electrons. The first-order valence-electron chi connectivity index (χ1n) is 9.22. The molecule has 3 aromatic heterocycles. The first-order chi connectivity index (χ1) is 12.7. The summed E-state index contributed by atoms with van der Waals surface area (Å²) in [7, 11) is 0. The average molecular weight is 356 g/mol. The van der Waals surface area contributed by atoms with Crippen LogP contribution >= 0.6 is 0 Å². The molecule has 0 atom stereocenters. The highest BCUT2D eigenvalue weighted by atomic mass is 16.5. The standard InChI is InChI=1S/C19H25N5O2/c1-14-15(2)24(12-16-4-3-9-26-16)19-17(14)18(21-13-22-19)20-5-6-23-7-10-25-11-8-23/h3-4,9,13H,5-8,10-12H2,1-2H3,(H,20,21,22)/p+1. The number of rotatable bonds is 6. The Balaban J connectivity index is 1.55. The average Bonchev–Trinajstić information content (AvgIpc) is 3.26. The number of aryl methyl sites for hydroxylation is 1. The van der Waals surface area contributed by atoms with Crippen LogP contribution in [0.15, 0.2) is 29.1 Å². The van der Waals surface area contributed by atoms with E-state index in [-0.39, 0.29) is 0 Å². The van der Waals surface area contributed by atoms with Gasteiger partial charge in [0.25, 0.3) is 0 Å². The smallest absolute Gasteiger partial charge is 0.146 e. The number of quaternary nitrogens is 1. The first-order valence-corrected chi connectivity index (χ1v) is 9.22. The molecule has 26 heavy (non-hydrogen) atoms. The van der Waals surface area contributed by atoms with Gasteiger partial charge in [-0.2, -0.15) is 0 Å². The zero-order valence-corrected chi connectivity index (χ0v) is 15.4. The lowest BCUT2D eigenvalue weighted by Gasteiger charge is -2.23. The molecule has 0 bridgehead atoms. The first kappa shape index (κ1) is 17.1. The Hall–Kier alpha value is -2.38. The third kappa shape index (κ3) is 3.32. The largest absolute Gasteiger partial charge is 0.467 e. The number of furan rings is 1. The van der Waals surface area contributed by atoms with Crippen LogP contribution < -0.4 is 10.2 Å². The lowest BCUT2D eigenvalue weighted by molar-refractivity contribution is -0.906. The van der Waals surface area contributed by atoms with Crippen molar-refractivity contribution in [1.82, 2.24) is 14.5 Å². The van der Waals surface area contributed by atoms with Crippen LogP contribution in [-0.4, -0.2) is 53.9 Å². The van der Waals surface area contributed by atoms with Crippen LogP contribution in [0.3, 0.4) is 0 Å². The summed E-state index contributed by atoms with van der Waals surface area (Å²) in [5.41, 5.74) is 3.36. The molecule has 138 valence electrons. The van der Waals surface area contributed by atoms with E-state index in [4.69, 9.17) is 9.15 Å². The second-order valence-electron chi connectivity index (χ2n) is 6.84. The Labute approximate surface area is 153 Å². The van der Waals surface area contributed by atoms with Crippen LogP contribution in [0.1, 0.15) is 17.0 Å². The van der Waals surface area contributed by atoms with Crippen molar-refractivity contribution in [2.75, 3.05) is 44.7 Å². The van der Waals surface area contributed by atoms with Crippen LogP contribution in [0, 0.1) is 13.8 Å². The fourth-order valence-electron chi connectivity index (χ4n) is 3.62. The van der Waals surface area contributed by atoms with Gasteiger partial charge in [0.15, 0.2) is 0 Å². The second-order valence-corrected chi connectivity index (χ2v) is 6.84. The van der Waals surface area contributed by atoms with Gasteiger partial charge in [0.05, 0.1) is 44.5 Å². The monoisotopic (exact) mass is 356 g/mol. The molecule has 1 saturated heterocycles. The van der Waals surface area contributed by atoms with Crippen molar-refractivity contribution in [3.8, 4) is 0 Å². The molecule has 4 rings (SSSR count). The van der Waals surface area contributed by atoms with E-state index < -0.39 is 0 Å². The molecule has 4 heterocycles. The molecule has 0 unspecified atom stereocenters. The highest BCUT2D eigenvalue weighted by molar-refractivity contribution is 5.91. The van der Waals surface area contributed by atoms with E-state index in [0.29, 0.717) is 6.54 Å². The van der Waals surface area contributed by atoms with Gasteiger partial charge in [-0.1, -0.05) is 0 Å². The van der Waals surface area contributed by atoms with E-state index >= 15 is 0 Å². The summed E-state index contributed by atoms with van der Waals surface area (Å²) in [6.07, 6.45) is 3.35. The molecule has 0 amide bonds. The summed E-state index contributed by atoms with van der Waals surface area (Å²) in [5, 5.41) is 4.63. The van der Waals surface area contributed by atoms with Gasteiger partial charge in [-0.3, -0.25) is 0 Å². The molecule has 1 aliphatic heterocycles. The van der Waals surface area contributed by atoms with Crippen molar-refractivity contribution in [3.05, 3.63) is 41.7 Å². The second kappa shape index (κ2) is 7.47. The van der Waals surface area contributed by atoms with Crippen LogP contribution in [0.2, 0.25) is 0 Å². The molecular formula is C19H26N5O2+. The number of fused-ring (bicyclic) bond motifs is 1. The molecule has 7 heteroatoms. The summed E-state index contributed by atoms with van der Waals surface area (Å²) in [6, 6.07) is 3.91. The van der Waals surface area contributed by atoms with Crippen LogP contribution in [0.5, 0.6) is 0 Å². The van der Waals surface area contributed by atoms with Crippen LogP contribution in [0.25, 0.3) is 11.0 Å². The van der Waals surface area contributed by atoms with Crippen LogP contribution in [-0.2, 0) is 11.3 Å². The maximum atomic E-state index is 5.52. The van der Waals surface area contributed by atoms with Crippen molar-refractivity contribution < 1.29 is 14.1 Å². The maximum Gasteiger partial charge on any atom is 0.146 e. The van der Waals surface area contributed by atoms with Crippen molar-refractivity contribution >= 4 is 16.9 Å². The Morgan fingerprint density at radius 1 is 1.23 bits per heavy atom. The quantitative estimate of drug-likeness (QED) is 0.690. The van der Waals surface area contributed by atoms with Gasteiger partial charge < -0.3 is 23.9 Å². The molecule has 1 fully saturated rings. The number of hydrogen-bond donors (Lipinski definition) is 2. The minimum absolute atomic E-state index is 0.678. The zero-order chi connectivity index (χ0) is 17.9. The molecule has 2 N–H and O–H groups in total. The minimum Gasteiger partial charge on any atom is -0.467 e. The van der Waals surface area contributed by atoms with E-state index in [1.54, 1.807) is 17.5 Å². The van der Waals surface area contributed by atoms with Crippen molar-refractivity contribution in [3.63, 3.8) is 0 Å². The van der Waals surface area contributed by atoms with Crippen LogP contribution in [0.4, 0.5) is 5.82 Å². The van der Waals surface area contributed by atoms with E-state index in [2.05, 4.69) is 33.7 Å². The van der Waals surface area contributed by atoms with Gasteiger partial charge >= 0.3 is 0 Å². The molecule has 0 spiro atoms. The molecule has 0 saturated carbocycles. The fraction of sp³-hybridized carbons (Fsp3) is 0.474. The lowest BCUT2D eigenvalue weighted by Crippen LogP contribution is -3.14. The van der Waals surface area contributed by atoms with Gasteiger partial charge in [-0.15, -0.1) is 0 Å². The van der Waals surface area contributed by atoms with Gasteiger partial charge in [0.1, 0.15) is 36.6 Å². The van der Waals surface area contributed by atoms with Crippen molar-refractivity contribution in [2.24, 2.45) is 0 Å². The van der Waals surface area contributed by atoms with E-state index in [9.17, 15) is 0 Å². The Kier molecular flexibility index (Phi) is 4.90. The van der Waals surface area contributed by atoms with E-state index in [0.717, 1.165) is 62.0 Å². The number of aromatic nitrogens is 3. The summed E-state index contributed by atoms with van der Waals surface area (Å²) < 4.78 is 13.1. The summed E-state index contributed by atoms with van der Waals surface area (Å²) >= 11 is 0. The molecule has 0 aliphatic carbocycles. The Bertz CT molecular complexity index is 866. The maximum absolute atomic E-state index is 5.52. The molecule has 1 aliphatic rings. The Morgan fingerprint density at radius 2 is 2.08 bits per heavy atom. The number of nitrogens with one attached hydrogen (secondary N) is 2. The van der Waals surface area contributed by atoms with Gasteiger partial charge in [-0.25, -0.2) is 9.97 Å². The van der Waals surface area contributed by atoms with Crippen molar-refractivity contribution in [1.29, 1.82) is 0 Å². The van der Waals surface area contributed by atoms with Gasteiger partial charge in [-0.05, 0) is 31.5 Å². The van der Waals surface area contributed by atoms with E-state index in [1.165, 1.54) is 11.3 Å². The van der Waals surface area contributed by atoms with Crippen molar-refractivity contribution in [2.45, 2.75) is 20.4 Å². The number of ether oxygens (including phenoxy) is 1. The number of nitrogens with zero attached hydrogens (tertiary/aromatic N) is 3. The molecule has 3 aromatic rings. The third-order valence-corrected chi connectivity index (χ3v) is 5.27. The minimum atomic E-state index is 0.678. The Morgan fingerprint density at radius 3 is 2.85 bits per heavy atom. The topological polar surface area (TPSA) is 69.5 Å². The normalized spacial score (nSPS) is 15.6. The summed E-state index contributed by atoms with van der Waals surface area (Å²) in [4.78, 5) is 10.6. The SMILES string of the molecule is Cc1c(C)n(Cc2ccco2)c2ncnc(NCC[NH+]3CCOCC3)c12. The number of anilines is 1. The predicted octanol–water partition coefficient (Wildman–Crippen LogP) is 1.02. The lowest BCUT2D eigenvalue weighted by atomic mass is 10.2. The number of hydrogen-bond acceptors (Lipinski definition) is 5. The third-order valence-electron chi connectivity index (χ3n) is 5.27. The highest BCUT2D eigenvalue weighted by Gasteiger charge is 2.18. The zero-order valence-electron chi connectivity index (χ0n) is 15.4. The molecular weight excluding hydrogens is 330 g/mol. The molecule has 7 nitrogen and oxygen atoms in total. The molecule has 0 aromatic carbocycles. The summed E-state index contributed by atoms with van der Waals surface area (Å²) in [5.74, 6) is 1.84. The summed E-state index contributed by atoms with van der Waals surface area (Å²) in [6.45, 7) is 10.8. The van der Waals surface area contributed by atoms with E-state index in [1.807, 2.05) is 12.1 Å². The van der Waals surface area contributed by atoms with Gasteiger partial charge in [0, 0.05) is 5.69 Å². The highest BCUT2D eigenvalue weighted by Crippen LogP contribution is 2.29. The number of morpholine rings is 1.